The van der Waals surface area contributed by atoms with Gasteiger partial charge >= 0.3 is 0 Å². The smallest absolute Gasteiger partial charge is 0.0928 e. The van der Waals surface area contributed by atoms with Crippen molar-refractivity contribution in [1.29, 1.82) is 0 Å². The van der Waals surface area contributed by atoms with E-state index in [0.29, 0.717) is 6.04 Å². The van der Waals surface area contributed by atoms with Gasteiger partial charge in [0.25, 0.3) is 0 Å². The summed E-state index contributed by atoms with van der Waals surface area (Å²) in [6.07, 6.45) is 12.3. The van der Waals surface area contributed by atoms with Crippen molar-refractivity contribution >= 4 is 11.3 Å². The Morgan fingerprint density at radius 3 is 2.60 bits per heavy atom. The summed E-state index contributed by atoms with van der Waals surface area (Å²) >= 11 is 1.98. The Balaban J connectivity index is 1.52. The van der Waals surface area contributed by atoms with Crippen LogP contribution in [0.3, 0.4) is 0 Å². The Bertz CT molecular complexity index is 473. The van der Waals surface area contributed by atoms with Crippen LogP contribution in [0.5, 0.6) is 0 Å². The van der Waals surface area contributed by atoms with E-state index in [1.165, 1.54) is 62.1 Å². The highest BCUT2D eigenvalue weighted by molar-refractivity contribution is 7.11. The van der Waals surface area contributed by atoms with E-state index in [1.54, 1.807) is 4.88 Å². The molecule has 2 unspecified atom stereocenters. The van der Waals surface area contributed by atoms with Crippen molar-refractivity contribution in [2.75, 3.05) is 0 Å². The van der Waals surface area contributed by atoms with Gasteiger partial charge < -0.3 is 5.32 Å². The molecule has 2 nitrogen and oxygen atoms in total. The second-order valence-electron chi connectivity index (χ2n) is 6.94. The van der Waals surface area contributed by atoms with E-state index in [-0.39, 0.29) is 0 Å². The molecule has 2 atom stereocenters. The summed E-state index contributed by atoms with van der Waals surface area (Å²) in [6.45, 7) is 2.23. The minimum Gasteiger partial charge on any atom is -0.306 e. The number of aromatic nitrogens is 1. The normalized spacial score (nSPS) is 27.9. The minimum atomic E-state index is 0.614. The number of thiazole rings is 1. The molecule has 0 aliphatic heterocycles. The summed E-state index contributed by atoms with van der Waals surface area (Å²) in [5.41, 5.74) is 1.42. The molecule has 110 valence electrons. The molecule has 0 radical (unpaired) electrons. The SMILES string of the molecule is CCc1nc2c(s1)C(NC(C1CCC1)C1CC1)CCC2. The maximum absolute atomic E-state index is 4.84. The fourth-order valence-electron chi connectivity index (χ4n) is 3.92. The van der Waals surface area contributed by atoms with E-state index in [4.69, 9.17) is 4.98 Å². The van der Waals surface area contributed by atoms with Crippen LogP contribution < -0.4 is 5.32 Å². The molecule has 1 heterocycles. The van der Waals surface area contributed by atoms with Crippen LogP contribution in [0.1, 0.15) is 73.5 Å². The zero-order valence-corrected chi connectivity index (χ0v) is 13.3. The van der Waals surface area contributed by atoms with E-state index in [2.05, 4.69) is 12.2 Å². The van der Waals surface area contributed by atoms with Crippen molar-refractivity contribution < 1.29 is 0 Å². The lowest BCUT2D eigenvalue weighted by Gasteiger charge is -2.38. The average Bonchev–Trinajstić information content (AvgIpc) is 3.15. The van der Waals surface area contributed by atoms with Gasteiger partial charge in [-0.05, 0) is 63.2 Å². The Morgan fingerprint density at radius 2 is 1.95 bits per heavy atom. The first-order chi connectivity index (χ1) is 9.85. The van der Waals surface area contributed by atoms with Crippen LogP contribution >= 0.6 is 11.3 Å². The third-order valence-electron chi connectivity index (χ3n) is 5.48. The maximum atomic E-state index is 4.84. The number of hydrogen-bond acceptors (Lipinski definition) is 3. The molecule has 0 amide bonds. The van der Waals surface area contributed by atoms with Crippen molar-refractivity contribution in [3.63, 3.8) is 0 Å². The van der Waals surface area contributed by atoms with Crippen LogP contribution in [0.2, 0.25) is 0 Å². The van der Waals surface area contributed by atoms with Crippen LogP contribution in [-0.4, -0.2) is 11.0 Å². The lowest BCUT2D eigenvalue weighted by Crippen LogP contribution is -2.43. The summed E-state index contributed by atoms with van der Waals surface area (Å²) in [7, 11) is 0. The third-order valence-corrected chi connectivity index (χ3v) is 6.83. The van der Waals surface area contributed by atoms with Crippen molar-refractivity contribution in [2.45, 2.75) is 76.8 Å². The van der Waals surface area contributed by atoms with Crippen LogP contribution in [0.15, 0.2) is 0 Å². The molecule has 3 heteroatoms. The summed E-state index contributed by atoms with van der Waals surface area (Å²) in [6, 6.07) is 1.43. The van der Waals surface area contributed by atoms with Crippen LogP contribution in [0.25, 0.3) is 0 Å². The summed E-state index contributed by atoms with van der Waals surface area (Å²) < 4.78 is 0. The predicted octanol–water partition coefficient (Wildman–Crippen LogP) is 4.25. The molecular formula is C17H26N2S. The standard InChI is InChI=1S/C17H26N2S/c1-2-15-18-13-7-4-8-14(17(13)20-15)19-16(12-9-10-12)11-5-3-6-11/h11-12,14,16,19H,2-10H2,1H3. The molecule has 1 N–H and O–H groups in total. The first kappa shape index (κ1) is 13.3. The molecule has 3 aliphatic rings. The van der Waals surface area contributed by atoms with Crippen LogP contribution in [0.4, 0.5) is 0 Å². The van der Waals surface area contributed by atoms with Gasteiger partial charge in [-0.25, -0.2) is 4.98 Å². The lowest BCUT2D eigenvalue weighted by molar-refractivity contribution is 0.191. The number of aryl methyl sites for hydroxylation is 2. The summed E-state index contributed by atoms with van der Waals surface area (Å²) in [5, 5.41) is 5.43. The topological polar surface area (TPSA) is 24.9 Å². The van der Waals surface area contributed by atoms with Gasteiger partial charge in [-0.3, -0.25) is 0 Å². The quantitative estimate of drug-likeness (QED) is 0.877. The number of fused-ring (bicyclic) bond motifs is 1. The van der Waals surface area contributed by atoms with E-state index < -0.39 is 0 Å². The number of nitrogens with zero attached hydrogens (tertiary/aromatic N) is 1. The molecule has 1 aromatic rings. The lowest BCUT2D eigenvalue weighted by atomic mass is 9.77. The summed E-state index contributed by atoms with van der Waals surface area (Å²) in [4.78, 5) is 6.43. The Hall–Kier alpha value is -0.410. The molecule has 0 aromatic carbocycles. The Kier molecular flexibility index (Phi) is 3.59. The van der Waals surface area contributed by atoms with E-state index in [0.717, 1.165) is 24.3 Å². The molecule has 4 rings (SSSR count). The molecule has 2 saturated carbocycles. The molecular weight excluding hydrogens is 264 g/mol. The van der Waals surface area contributed by atoms with E-state index in [9.17, 15) is 0 Å². The van der Waals surface area contributed by atoms with E-state index >= 15 is 0 Å². The molecule has 0 saturated heterocycles. The number of nitrogens with one attached hydrogen (secondary N) is 1. The van der Waals surface area contributed by atoms with Gasteiger partial charge in [-0.15, -0.1) is 11.3 Å². The second kappa shape index (κ2) is 5.42. The van der Waals surface area contributed by atoms with Crippen LogP contribution in [-0.2, 0) is 12.8 Å². The number of rotatable bonds is 5. The largest absolute Gasteiger partial charge is 0.306 e. The third kappa shape index (κ3) is 2.43. The highest BCUT2D eigenvalue weighted by Gasteiger charge is 2.40. The van der Waals surface area contributed by atoms with Gasteiger partial charge in [0.1, 0.15) is 0 Å². The minimum absolute atomic E-state index is 0.614. The van der Waals surface area contributed by atoms with Gasteiger partial charge in [0.2, 0.25) is 0 Å². The van der Waals surface area contributed by atoms with Gasteiger partial charge in [-0.2, -0.15) is 0 Å². The molecule has 0 spiro atoms. The first-order valence-corrected chi connectivity index (χ1v) is 9.41. The second-order valence-corrected chi connectivity index (χ2v) is 8.05. The zero-order chi connectivity index (χ0) is 13.5. The number of hydrogen-bond donors (Lipinski definition) is 1. The molecule has 0 bridgehead atoms. The van der Waals surface area contributed by atoms with Gasteiger partial charge in [-0.1, -0.05) is 13.3 Å². The van der Waals surface area contributed by atoms with Crippen LogP contribution in [0, 0.1) is 11.8 Å². The highest BCUT2D eigenvalue weighted by Crippen LogP contribution is 2.44. The molecule has 1 aromatic heterocycles. The summed E-state index contributed by atoms with van der Waals surface area (Å²) in [5.74, 6) is 1.97. The monoisotopic (exact) mass is 290 g/mol. The maximum Gasteiger partial charge on any atom is 0.0928 e. The molecule has 20 heavy (non-hydrogen) atoms. The van der Waals surface area contributed by atoms with Crippen molar-refractivity contribution in [3.8, 4) is 0 Å². The van der Waals surface area contributed by atoms with Gasteiger partial charge in [0.15, 0.2) is 0 Å². The van der Waals surface area contributed by atoms with Crippen molar-refractivity contribution in [1.82, 2.24) is 10.3 Å². The fourth-order valence-corrected chi connectivity index (χ4v) is 5.07. The zero-order valence-electron chi connectivity index (χ0n) is 12.5. The fraction of sp³-hybridized carbons (Fsp3) is 0.824. The Morgan fingerprint density at radius 1 is 1.15 bits per heavy atom. The molecule has 3 aliphatic carbocycles. The molecule has 2 fully saturated rings. The van der Waals surface area contributed by atoms with E-state index in [1.807, 2.05) is 11.3 Å². The van der Waals surface area contributed by atoms with Gasteiger partial charge in [0, 0.05) is 17.0 Å². The average molecular weight is 290 g/mol. The van der Waals surface area contributed by atoms with Crippen molar-refractivity contribution in [2.24, 2.45) is 11.8 Å². The van der Waals surface area contributed by atoms with Gasteiger partial charge in [0.05, 0.1) is 10.7 Å². The first-order valence-electron chi connectivity index (χ1n) is 8.59. The Labute approximate surface area is 126 Å². The van der Waals surface area contributed by atoms with Crippen molar-refractivity contribution in [3.05, 3.63) is 15.6 Å². The predicted molar refractivity (Wildman–Crippen MR) is 84.2 cm³/mol. The highest BCUT2D eigenvalue weighted by atomic mass is 32.1.